The zero-order valence-corrected chi connectivity index (χ0v) is 9.95. The summed E-state index contributed by atoms with van der Waals surface area (Å²) in [5.41, 5.74) is 1.20. The van der Waals surface area contributed by atoms with Crippen LogP contribution in [-0.4, -0.2) is 10.4 Å². The lowest BCUT2D eigenvalue weighted by Gasteiger charge is -2.15. The van der Waals surface area contributed by atoms with Crippen molar-refractivity contribution in [3.8, 4) is 0 Å². The fourth-order valence-corrected chi connectivity index (χ4v) is 2.29. The summed E-state index contributed by atoms with van der Waals surface area (Å²) in [7, 11) is 0. The first kappa shape index (κ1) is 11.0. The van der Waals surface area contributed by atoms with Gasteiger partial charge >= 0.3 is 0 Å². The highest BCUT2D eigenvalue weighted by molar-refractivity contribution is 7.09. The third-order valence-corrected chi connectivity index (χ3v) is 3.49. The number of halogens is 1. The number of thiazole rings is 1. The smallest absolute Gasteiger partial charge is 0.0897 e. The highest BCUT2D eigenvalue weighted by atomic mass is 35.5. The fraction of sp³-hybridized carbons (Fsp3) is 0.700. The van der Waals surface area contributed by atoms with Gasteiger partial charge in [0.15, 0.2) is 0 Å². The Bertz CT molecular complexity index is 257. The first-order valence-electron chi connectivity index (χ1n) is 4.68. The molecule has 0 fully saturated rings. The molecule has 1 heterocycles. The van der Waals surface area contributed by atoms with Gasteiger partial charge < -0.3 is 0 Å². The van der Waals surface area contributed by atoms with Gasteiger partial charge in [-0.15, -0.1) is 22.9 Å². The molecule has 0 aliphatic heterocycles. The van der Waals surface area contributed by atoms with Crippen molar-refractivity contribution in [1.82, 2.24) is 4.98 Å². The largest absolute Gasteiger partial charge is 0.247 e. The maximum absolute atomic E-state index is 6.08. The summed E-state index contributed by atoms with van der Waals surface area (Å²) < 4.78 is 0. The molecule has 2 atom stereocenters. The molecule has 0 radical (unpaired) electrons. The van der Waals surface area contributed by atoms with Crippen LogP contribution in [0.5, 0.6) is 0 Å². The Morgan fingerprint density at radius 1 is 1.62 bits per heavy atom. The molecule has 0 aromatic carbocycles. The van der Waals surface area contributed by atoms with E-state index in [1.807, 2.05) is 6.92 Å². The Kier molecular flexibility index (Phi) is 4.20. The normalized spacial score (nSPS) is 15.7. The van der Waals surface area contributed by atoms with Gasteiger partial charge in [-0.05, 0) is 26.2 Å². The number of hydrogen-bond acceptors (Lipinski definition) is 2. The van der Waals surface area contributed by atoms with Crippen LogP contribution in [0.3, 0.4) is 0 Å². The quantitative estimate of drug-likeness (QED) is 0.702. The van der Waals surface area contributed by atoms with E-state index < -0.39 is 0 Å². The predicted octanol–water partition coefficient (Wildman–Crippen LogP) is 3.65. The van der Waals surface area contributed by atoms with E-state index in [1.54, 1.807) is 11.3 Å². The van der Waals surface area contributed by atoms with Crippen LogP contribution in [0.4, 0.5) is 0 Å². The van der Waals surface area contributed by atoms with E-state index in [4.69, 9.17) is 11.6 Å². The van der Waals surface area contributed by atoms with Crippen LogP contribution in [0.25, 0.3) is 0 Å². The summed E-state index contributed by atoms with van der Waals surface area (Å²) in [6.07, 6.45) is 2.15. The van der Waals surface area contributed by atoms with Gasteiger partial charge in [-0.2, -0.15) is 0 Å². The first-order chi connectivity index (χ1) is 6.13. The van der Waals surface area contributed by atoms with Crippen LogP contribution in [0.1, 0.15) is 31.0 Å². The molecule has 1 aromatic heterocycles. The van der Waals surface area contributed by atoms with E-state index in [0.29, 0.717) is 5.92 Å². The molecule has 1 rings (SSSR count). The van der Waals surface area contributed by atoms with Gasteiger partial charge in [-0.3, -0.25) is 0 Å². The van der Waals surface area contributed by atoms with Crippen LogP contribution in [-0.2, 0) is 6.42 Å². The maximum atomic E-state index is 6.08. The molecular formula is C10H16ClNS. The number of rotatable bonds is 4. The molecule has 0 spiro atoms. The number of alkyl halides is 1. The van der Waals surface area contributed by atoms with Crippen molar-refractivity contribution >= 4 is 22.9 Å². The molecule has 0 saturated heterocycles. The molecule has 74 valence electrons. The molecular weight excluding hydrogens is 202 g/mol. The molecule has 0 aliphatic rings. The van der Waals surface area contributed by atoms with Gasteiger partial charge in [0.25, 0.3) is 0 Å². The third kappa shape index (κ3) is 3.28. The molecule has 1 nitrogen and oxygen atoms in total. The predicted molar refractivity (Wildman–Crippen MR) is 59.7 cm³/mol. The lowest BCUT2D eigenvalue weighted by Crippen LogP contribution is -2.13. The SMILES string of the molecule is CCC(Cc1csc(C)n1)C(C)Cl. The highest BCUT2D eigenvalue weighted by Gasteiger charge is 2.14. The van der Waals surface area contributed by atoms with Crippen LogP contribution in [0.2, 0.25) is 0 Å². The summed E-state index contributed by atoms with van der Waals surface area (Å²) in [5.74, 6) is 0.558. The van der Waals surface area contributed by atoms with Crippen LogP contribution in [0, 0.1) is 12.8 Å². The second-order valence-electron chi connectivity index (χ2n) is 3.41. The van der Waals surface area contributed by atoms with E-state index in [2.05, 4.69) is 24.2 Å². The minimum absolute atomic E-state index is 0.243. The zero-order chi connectivity index (χ0) is 9.84. The Labute approximate surface area is 89.1 Å². The van der Waals surface area contributed by atoms with Crippen LogP contribution >= 0.6 is 22.9 Å². The Morgan fingerprint density at radius 2 is 2.31 bits per heavy atom. The van der Waals surface area contributed by atoms with Gasteiger partial charge in [0, 0.05) is 10.8 Å². The van der Waals surface area contributed by atoms with Crippen molar-refractivity contribution in [2.75, 3.05) is 0 Å². The molecule has 0 aliphatic carbocycles. The van der Waals surface area contributed by atoms with Gasteiger partial charge in [-0.25, -0.2) is 4.98 Å². The van der Waals surface area contributed by atoms with Crippen molar-refractivity contribution in [1.29, 1.82) is 0 Å². The topological polar surface area (TPSA) is 12.9 Å². The monoisotopic (exact) mass is 217 g/mol. The summed E-state index contributed by atoms with van der Waals surface area (Å²) >= 11 is 7.79. The molecule has 2 unspecified atom stereocenters. The second kappa shape index (κ2) is 4.97. The third-order valence-electron chi connectivity index (χ3n) is 2.31. The fourth-order valence-electron chi connectivity index (χ4n) is 1.40. The summed E-state index contributed by atoms with van der Waals surface area (Å²) in [5, 5.41) is 3.52. The van der Waals surface area contributed by atoms with Crippen molar-refractivity contribution in [3.05, 3.63) is 16.1 Å². The van der Waals surface area contributed by atoms with E-state index in [0.717, 1.165) is 17.8 Å². The standard InChI is InChI=1S/C10H16ClNS/c1-4-9(7(2)11)5-10-6-13-8(3)12-10/h6-7,9H,4-5H2,1-3H3. The van der Waals surface area contributed by atoms with Crippen molar-refractivity contribution in [2.45, 2.75) is 39.0 Å². The molecule has 13 heavy (non-hydrogen) atoms. The van der Waals surface area contributed by atoms with Gasteiger partial charge in [0.2, 0.25) is 0 Å². The molecule has 0 saturated carbocycles. The van der Waals surface area contributed by atoms with Crippen molar-refractivity contribution in [3.63, 3.8) is 0 Å². The molecule has 1 aromatic rings. The average molecular weight is 218 g/mol. The average Bonchev–Trinajstić information content (AvgIpc) is 2.46. The Balaban J connectivity index is 2.56. The number of aryl methyl sites for hydroxylation is 1. The Morgan fingerprint density at radius 3 is 2.69 bits per heavy atom. The second-order valence-corrected chi connectivity index (χ2v) is 5.16. The lowest BCUT2D eigenvalue weighted by molar-refractivity contribution is 0.492. The minimum atomic E-state index is 0.243. The van der Waals surface area contributed by atoms with Crippen LogP contribution in [0.15, 0.2) is 5.38 Å². The van der Waals surface area contributed by atoms with Crippen molar-refractivity contribution < 1.29 is 0 Å². The first-order valence-corrected chi connectivity index (χ1v) is 6.00. The molecule has 3 heteroatoms. The minimum Gasteiger partial charge on any atom is -0.247 e. The van der Waals surface area contributed by atoms with E-state index >= 15 is 0 Å². The van der Waals surface area contributed by atoms with Crippen LogP contribution < -0.4 is 0 Å². The van der Waals surface area contributed by atoms with E-state index in [1.165, 1.54) is 5.69 Å². The molecule has 0 amide bonds. The number of hydrogen-bond donors (Lipinski definition) is 0. The molecule has 0 bridgehead atoms. The Hall–Kier alpha value is -0.0800. The summed E-state index contributed by atoms with van der Waals surface area (Å²) in [4.78, 5) is 4.44. The number of aromatic nitrogens is 1. The van der Waals surface area contributed by atoms with Gasteiger partial charge in [0.05, 0.1) is 10.7 Å². The summed E-state index contributed by atoms with van der Waals surface area (Å²) in [6.45, 7) is 6.29. The van der Waals surface area contributed by atoms with E-state index in [-0.39, 0.29) is 5.38 Å². The highest BCUT2D eigenvalue weighted by Crippen LogP contribution is 2.20. The zero-order valence-electron chi connectivity index (χ0n) is 8.38. The lowest BCUT2D eigenvalue weighted by atomic mass is 9.98. The van der Waals surface area contributed by atoms with Gasteiger partial charge in [0.1, 0.15) is 0 Å². The molecule has 0 N–H and O–H groups in total. The summed E-state index contributed by atoms with van der Waals surface area (Å²) in [6, 6.07) is 0. The van der Waals surface area contributed by atoms with Gasteiger partial charge in [-0.1, -0.05) is 13.3 Å². The van der Waals surface area contributed by atoms with Crippen molar-refractivity contribution in [2.24, 2.45) is 5.92 Å². The number of nitrogens with zero attached hydrogens (tertiary/aromatic N) is 1. The van der Waals surface area contributed by atoms with E-state index in [9.17, 15) is 0 Å². The maximum Gasteiger partial charge on any atom is 0.0897 e.